The van der Waals surface area contributed by atoms with E-state index >= 15 is 0 Å². The van der Waals surface area contributed by atoms with E-state index in [1.165, 1.54) is 24.3 Å². The van der Waals surface area contributed by atoms with Gasteiger partial charge in [-0.3, -0.25) is 0 Å². The number of fused-ring (bicyclic) bond motifs is 9. The van der Waals surface area contributed by atoms with Gasteiger partial charge in [-0.25, -0.2) is 18.7 Å². The molecule has 2 aromatic heterocycles. The quantitative estimate of drug-likeness (QED) is 0.163. The van der Waals surface area contributed by atoms with Crippen LogP contribution >= 0.6 is 0 Å². The van der Waals surface area contributed by atoms with Gasteiger partial charge in [-0.05, 0) is 58.7 Å². The zero-order valence-electron chi connectivity index (χ0n) is 20.2. The Hall–Kier alpha value is -6.22. The molecule has 40 heavy (non-hydrogen) atoms. The third-order valence-electron chi connectivity index (χ3n) is 7.27. The summed E-state index contributed by atoms with van der Waals surface area (Å²) in [6, 6.07) is 23.5. The predicted octanol–water partition coefficient (Wildman–Crippen LogP) is 6.72. The molecule has 0 aliphatic heterocycles. The molecule has 0 fully saturated rings. The van der Waals surface area contributed by atoms with Gasteiger partial charge in [-0.1, -0.05) is 24.3 Å². The summed E-state index contributed by atoms with van der Waals surface area (Å²) in [5.41, 5.74) is 5.16. The average Bonchev–Trinajstić information content (AvgIpc) is 3.43. The van der Waals surface area contributed by atoms with Gasteiger partial charge >= 0.3 is 0 Å². The number of hydrogen-bond acceptors (Lipinski definition) is 6. The minimum Gasteiger partial charge on any atom is -0.245 e. The summed E-state index contributed by atoms with van der Waals surface area (Å²) < 4.78 is 28.5. The maximum Gasteiger partial charge on any atom is 0.139 e. The molecule has 6 nitrogen and oxygen atoms in total. The van der Waals surface area contributed by atoms with Crippen LogP contribution < -0.4 is 0 Å². The normalized spacial score (nSPS) is 12.1. The van der Waals surface area contributed by atoms with E-state index in [0.29, 0.717) is 66.6 Å². The van der Waals surface area contributed by atoms with E-state index in [-0.39, 0.29) is 22.3 Å². The summed E-state index contributed by atoms with van der Waals surface area (Å²) >= 11 is 0. The Morgan fingerprint density at radius 2 is 0.900 bits per heavy atom. The van der Waals surface area contributed by atoms with E-state index < -0.39 is 11.6 Å². The Kier molecular flexibility index (Phi) is 4.67. The van der Waals surface area contributed by atoms with Crippen molar-refractivity contribution in [3.63, 3.8) is 0 Å². The van der Waals surface area contributed by atoms with Crippen LogP contribution in [0, 0.1) is 57.0 Å². The third kappa shape index (κ3) is 2.96. The smallest absolute Gasteiger partial charge is 0.139 e. The second-order valence-corrected chi connectivity index (χ2v) is 9.31. The number of rotatable bonds is 0. The lowest BCUT2D eigenvalue weighted by atomic mass is 10.0. The Labute approximate surface area is 225 Å². The van der Waals surface area contributed by atoms with Crippen molar-refractivity contribution in [2.75, 3.05) is 0 Å². The molecule has 0 amide bonds. The molecule has 0 unspecified atom stereocenters. The number of nitrogens with zero attached hydrogens (tertiary/aromatic N) is 6. The molecule has 5 aromatic rings. The Morgan fingerprint density at radius 3 is 1.27 bits per heavy atom. The van der Waals surface area contributed by atoms with E-state index in [1.807, 2.05) is 48.5 Å². The summed E-state index contributed by atoms with van der Waals surface area (Å²) in [5, 5.41) is 40.1. The van der Waals surface area contributed by atoms with Gasteiger partial charge in [0, 0.05) is 33.0 Å². The maximum atomic E-state index is 14.2. The highest BCUT2D eigenvalue weighted by molar-refractivity contribution is 6.12. The zero-order chi connectivity index (χ0) is 27.7. The Bertz CT molecular complexity index is 2090. The Morgan fingerprint density at radius 1 is 0.500 bits per heavy atom. The fourth-order valence-electron chi connectivity index (χ4n) is 5.61. The van der Waals surface area contributed by atoms with E-state index in [4.69, 9.17) is 9.97 Å². The lowest BCUT2D eigenvalue weighted by Crippen LogP contribution is -1.96. The molecule has 0 spiro atoms. The molecule has 0 saturated heterocycles. The van der Waals surface area contributed by atoms with Crippen LogP contribution in [0.15, 0.2) is 71.8 Å². The van der Waals surface area contributed by atoms with E-state index in [0.717, 1.165) is 0 Å². The minimum atomic E-state index is -0.507. The molecule has 0 radical (unpaired) electrons. The molecule has 0 atom stereocenters. The Balaban J connectivity index is 1.59. The van der Waals surface area contributed by atoms with Crippen molar-refractivity contribution in [1.29, 1.82) is 21.0 Å². The number of allylic oxidation sites excluding steroid dienone is 2. The fourth-order valence-corrected chi connectivity index (χ4v) is 5.61. The molecular formula is C32H10F2N6. The SMILES string of the molecule is N#CC(C#N)=C1c2cc(F)ccc2-c2cc3ccc4cc5c(nc4c3nc21)C(=C(C#N)C#N)c1cc(F)ccc1-5. The zero-order valence-corrected chi connectivity index (χ0v) is 20.2. The van der Waals surface area contributed by atoms with Crippen LogP contribution in [0.4, 0.5) is 8.78 Å². The molecule has 3 aromatic carbocycles. The number of aromatic nitrogens is 2. The molecule has 0 saturated carbocycles. The molecule has 182 valence electrons. The van der Waals surface area contributed by atoms with Gasteiger partial charge in [0.15, 0.2) is 0 Å². The lowest BCUT2D eigenvalue weighted by molar-refractivity contribution is 0.627. The number of benzene rings is 3. The second-order valence-electron chi connectivity index (χ2n) is 9.31. The van der Waals surface area contributed by atoms with Crippen molar-refractivity contribution in [1.82, 2.24) is 9.97 Å². The van der Waals surface area contributed by atoms with Crippen LogP contribution in [0.1, 0.15) is 22.5 Å². The number of halogens is 2. The molecule has 8 heteroatoms. The summed E-state index contributed by atoms with van der Waals surface area (Å²) in [5.74, 6) is -1.01. The first-order chi connectivity index (χ1) is 19.5. The lowest BCUT2D eigenvalue weighted by Gasteiger charge is -2.10. The van der Waals surface area contributed by atoms with Gasteiger partial charge in [0.25, 0.3) is 0 Å². The highest BCUT2D eigenvalue weighted by Gasteiger charge is 2.32. The van der Waals surface area contributed by atoms with Crippen LogP contribution in [0.3, 0.4) is 0 Å². The topological polar surface area (TPSA) is 121 Å². The molecule has 2 aliphatic carbocycles. The van der Waals surface area contributed by atoms with E-state index in [1.54, 1.807) is 12.1 Å². The van der Waals surface area contributed by atoms with Crippen LogP contribution in [0.2, 0.25) is 0 Å². The monoisotopic (exact) mass is 516 g/mol. The molecule has 0 N–H and O–H groups in total. The number of pyridine rings is 2. The van der Waals surface area contributed by atoms with Gasteiger partial charge in [-0.2, -0.15) is 21.0 Å². The van der Waals surface area contributed by atoms with Gasteiger partial charge in [0.1, 0.15) is 47.1 Å². The van der Waals surface area contributed by atoms with Crippen molar-refractivity contribution in [2.24, 2.45) is 0 Å². The molecule has 2 heterocycles. The first-order valence-electron chi connectivity index (χ1n) is 12.0. The molecule has 7 rings (SSSR count). The largest absolute Gasteiger partial charge is 0.245 e. The highest BCUT2D eigenvalue weighted by atomic mass is 19.1. The van der Waals surface area contributed by atoms with E-state index in [9.17, 15) is 29.8 Å². The van der Waals surface area contributed by atoms with Crippen molar-refractivity contribution < 1.29 is 8.78 Å². The summed E-state index contributed by atoms with van der Waals surface area (Å²) in [6.07, 6.45) is 0. The standard InChI is InChI=1S/C32H10F2N6/c33-19-3-5-21-23(9-19)27(17(11-35)12-36)31-25(21)7-15-1-2-16-8-26-22-6-4-20(34)10-24(22)28(18(13-37)14-38)32(26)40-30(16)29(15)39-31/h1-10H. The van der Waals surface area contributed by atoms with Gasteiger partial charge < -0.3 is 0 Å². The van der Waals surface area contributed by atoms with Crippen LogP contribution in [-0.2, 0) is 0 Å². The molecule has 0 bridgehead atoms. The molecular weight excluding hydrogens is 506 g/mol. The van der Waals surface area contributed by atoms with E-state index in [2.05, 4.69) is 0 Å². The van der Waals surface area contributed by atoms with Gasteiger partial charge in [-0.15, -0.1) is 0 Å². The van der Waals surface area contributed by atoms with Crippen LogP contribution in [0.25, 0.3) is 55.2 Å². The molecule has 2 aliphatic rings. The third-order valence-corrected chi connectivity index (χ3v) is 7.27. The average molecular weight is 516 g/mol. The van der Waals surface area contributed by atoms with Gasteiger partial charge in [0.05, 0.1) is 22.4 Å². The van der Waals surface area contributed by atoms with Crippen LogP contribution in [-0.4, -0.2) is 9.97 Å². The first-order valence-corrected chi connectivity index (χ1v) is 12.0. The van der Waals surface area contributed by atoms with Gasteiger partial charge in [0.2, 0.25) is 0 Å². The summed E-state index contributed by atoms with van der Waals surface area (Å²) in [7, 11) is 0. The van der Waals surface area contributed by atoms with Crippen molar-refractivity contribution in [3.05, 3.63) is 106 Å². The van der Waals surface area contributed by atoms with Crippen molar-refractivity contribution >= 4 is 33.0 Å². The van der Waals surface area contributed by atoms with Crippen molar-refractivity contribution in [3.8, 4) is 46.5 Å². The maximum absolute atomic E-state index is 14.2. The number of hydrogen-bond donors (Lipinski definition) is 0. The van der Waals surface area contributed by atoms with Crippen molar-refractivity contribution in [2.45, 2.75) is 0 Å². The summed E-state index contributed by atoms with van der Waals surface area (Å²) in [4.78, 5) is 9.75. The second kappa shape index (κ2) is 8.14. The number of nitriles is 4. The summed E-state index contributed by atoms with van der Waals surface area (Å²) in [6.45, 7) is 0. The first kappa shape index (κ1) is 22.9. The van der Waals surface area contributed by atoms with Crippen LogP contribution in [0.5, 0.6) is 0 Å². The minimum absolute atomic E-state index is 0.193. The highest BCUT2D eigenvalue weighted by Crippen LogP contribution is 2.48. The fraction of sp³-hybridized carbons (Fsp3) is 0. The predicted molar refractivity (Wildman–Crippen MR) is 142 cm³/mol.